The van der Waals surface area contributed by atoms with Gasteiger partial charge < -0.3 is 4.74 Å². The molecule has 0 radical (unpaired) electrons. The van der Waals surface area contributed by atoms with Crippen LogP contribution in [0.5, 0.6) is 0 Å². The standard InChI is InChI=1S/C8H8ClFN2O2S/c1-2-14-6(13)4-15-7-5(10)3-11-8(9)12-7/h3H,2,4H2,1H3. The molecular weight excluding hydrogens is 243 g/mol. The number of carbonyl (C=O) groups excluding carboxylic acids is 1. The van der Waals surface area contributed by atoms with Gasteiger partial charge in [0.1, 0.15) is 5.03 Å². The van der Waals surface area contributed by atoms with E-state index in [1.54, 1.807) is 6.92 Å². The van der Waals surface area contributed by atoms with Crippen molar-refractivity contribution in [1.29, 1.82) is 0 Å². The lowest BCUT2D eigenvalue weighted by Crippen LogP contribution is -2.07. The highest BCUT2D eigenvalue weighted by atomic mass is 35.5. The predicted molar refractivity (Wildman–Crippen MR) is 54.4 cm³/mol. The van der Waals surface area contributed by atoms with Gasteiger partial charge >= 0.3 is 5.97 Å². The van der Waals surface area contributed by atoms with E-state index in [1.165, 1.54) is 0 Å². The number of esters is 1. The lowest BCUT2D eigenvalue weighted by molar-refractivity contribution is -0.139. The van der Waals surface area contributed by atoms with Gasteiger partial charge in [-0.1, -0.05) is 11.8 Å². The topological polar surface area (TPSA) is 52.1 Å². The highest BCUT2D eigenvalue weighted by molar-refractivity contribution is 7.99. The summed E-state index contributed by atoms with van der Waals surface area (Å²) in [5, 5.41) is -0.00851. The molecule has 0 aliphatic heterocycles. The highest BCUT2D eigenvalue weighted by Gasteiger charge is 2.09. The van der Waals surface area contributed by atoms with Gasteiger partial charge in [0.25, 0.3) is 0 Å². The van der Waals surface area contributed by atoms with Gasteiger partial charge in [-0.25, -0.2) is 14.4 Å². The summed E-state index contributed by atoms with van der Waals surface area (Å²) >= 11 is 6.40. The van der Waals surface area contributed by atoms with Crippen molar-refractivity contribution < 1.29 is 13.9 Å². The molecule has 1 aromatic rings. The Balaban J connectivity index is 2.57. The number of ether oxygens (including phenoxy) is 1. The third kappa shape index (κ3) is 4.01. The lowest BCUT2D eigenvalue weighted by Gasteiger charge is -2.02. The number of hydrogen-bond donors (Lipinski definition) is 0. The minimum Gasteiger partial charge on any atom is -0.465 e. The Morgan fingerprint density at radius 2 is 2.47 bits per heavy atom. The van der Waals surface area contributed by atoms with E-state index in [0.717, 1.165) is 18.0 Å². The molecule has 7 heteroatoms. The predicted octanol–water partition coefficient (Wildman–Crippen LogP) is 1.92. The summed E-state index contributed by atoms with van der Waals surface area (Å²) in [5.41, 5.74) is 0. The van der Waals surface area contributed by atoms with Crippen LogP contribution in [0.4, 0.5) is 4.39 Å². The van der Waals surface area contributed by atoms with E-state index in [2.05, 4.69) is 14.7 Å². The molecule has 0 amide bonds. The zero-order valence-electron chi connectivity index (χ0n) is 7.87. The van der Waals surface area contributed by atoms with Crippen molar-refractivity contribution in [2.45, 2.75) is 11.9 Å². The number of nitrogens with zero attached hydrogens (tertiary/aromatic N) is 2. The zero-order chi connectivity index (χ0) is 11.3. The van der Waals surface area contributed by atoms with Gasteiger partial charge in [-0.3, -0.25) is 4.79 Å². The van der Waals surface area contributed by atoms with Crippen molar-refractivity contribution >= 4 is 29.3 Å². The van der Waals surface area contributed by atoms with Gasteiger partial charge in [0.05, 0.1) is 18.6 Å². The molecule has 0 aromatic carbocycles. The Labute approximate surface area is 95.2 Å². The summed E-state index contributed by atoms with van der Waals surface area (Å²) in [4.78, 5) is 18.1. The van der Waals surface area contributed by atoms with Crippen molar-refractivity contribution in [3.05, 3.63) is 17.3 Å². The Morgan fingerprint density at radius 3 is 3.13 bits per heavy atom. The number of thioether (sulfide) groups is 1. The van der Waals surface area contributed by atoms with Crippen molar-refractivity contribution in [2.24, 2.45) is 0 Å². The van der Waals surface area contributed by atoms with Crippen LogP contribution in [0.1, 0.15) is 6.92 Å². The van der Waals surface area contributed by atoms with E-state index in [1.807, 2.05) is 0 Å². The monoisotopic (exact) mass is 250 g/mol. The fourth-order valence-corrected chi connectivity index (χ4v) is 1.63. The van der Waals surface area contributed by atoms with Crippen molar-refractivity contribution in [3.8, 4) is 0 Å². The molecule has 0 spiro atoms. The second-order valence-corrected chi connectivity index (χ2v) is 3.69. The largest absolute Gasteiger partial charge is 0.465 e. The third-order valence-electron chi connectivity index (χ3n) is 1.31. The average molecular weight is 251 g/mol. The molecule has 1 rings (SSSR count). The molecule has 0 aliphatic carbocycles. The van der Waals surface area contributed by atoms with Crippen molar-refractivity contribution in [1.82, 2.24) is 9.97 Å². The van der Waals surface area contributed by atoms with E-state index < -0.39 is 11.8 Å². The first-order valence-corrected chi connectivity index (χ1v) is 5.46. The molecule has 0 N–H and O–H groups in total. The number of rotatable bonds is 4. The summed E-state index contributed by atoms with van der Waals surface area (Å²) in [5.74, 6) is -1.02. The van der Waals surface area contributed by atoms with Gasteiger partial charge in [-0.15, -0.1) is 0 Å². The van der Waals surface area contributed by atoms with Crippen LogP contribution in [-0.2, 0) is 9.53 Å². The summed E-state index contributed by atoms with van der Waals surface area (Å²) in [7, 11) is 0. The Hall–Kier alpha value is -0.880. The normalized spacial score (nSPS) is 10.1. The van der Waals surface area contributed by atoms with E-state index in [9.17, 15) is 9.18 Å². The van der Waals surface area contributed by atoms with E-state index in [-0.39, 0.29) is 16.1 Å². The summed E-state index contributed by atoms with van der Waals surface area (Å²) in [6.45, 7) is 2.00. The molecule has 4 nitrogen and oxygen atoms in total. The highest BCUT2D eigenvalue weighted by Crippen LogP contribution is 2.19. The molecule has 0 saturated carbocycles. The molecule has 0 unspecified atom stereocenters. The molecule has 1 heterocycles. The number of carbonyl (C=O) groups is 1. The van der Waals surface area contributed by atoms with Crippen LogP contribution in [0.2, 0.25) is 5.28 Å². The van der Waals surface area contributed by atoms with Crippen LogP contribution < -0.4 is 0 Å². The zero-order valence-corrected chi connectivity index (χ0v) is 9.44. The average Bonchev–Trinajstić information content (AvgIpc) is 2.20. The fourth-order valence-electron chi connectivity index (χ4n) is 0.762. The van der Waals surface area contributed by atoms with Gasteiger partial charge in [-0.05, 0) is 18.5 Å². The molecule has 0 aliphatic rings. The molecule has 82 valence electrons. The second-order valence-electron chi connectivity index (χ2n) is 2.39. The number of halogens is 2. The van der Waals surface area contributed by atoms with Crippen LogP contribution in [-0.4, -0.2) is 28.3 Å². The first kappa shape index (κ1) is 12.2. The molecule has 15 heavy (non-hydrogen) atoms. The smallest absolute Gasteiger partial charge is 0.316 e. The van der Waals surface area contributed by atoms with Gasteiger partial charge in [0.2, 0.25) is 5.28 Å². The molecular formula is C8H8ClFN2O2S. The van der Waals surface area contributed by atoms with E-state index in [0.29, 0.717) is 6.61 Å². The van der Waals surface area contributed by atoms with Gasteiger partial charge in [0, 0.05) is 0 Å². The summed E-state index contributed by atoms with van der Waals surface area (Å²) < 4.78 is 17.7. The first-order valence-electron chi connectivity index (χ1n) is 4.10. The maximum Gasteiger partial charge on any atom is 0.316 e. The van der Waals surface area contributed by atoms with Crippen molar-refractivity contribution in [2.75, 3.05) is 12.4 Å². The van der Waals surface area contributed by atoms with Crippen LogP contribution in [0.3, 0.4) is 0 Å². The molecule has 0 fully saturated rings. The van der Waals surface area contributed by atoms with Gasteiger partial charge in [0.15, 0.2) is 5.82 Å². The summed E-state index contributed by atoms with van der Waals surface area (Å²) in [6, 6.07) is 0. The first-order chi connectivity index (χ1) is 7.13. The molecule has 1 aromatic heterocycles. The lowest BCUT2D eigenvalue weighted by atomic mass is 10.6. The number of aromatic nitrogens is 2. The Bertz CT molecular complexity index is 364. The Morgan fingerprint density at radius 1 is 1.73 bits per heavy atom. The number of hydrogen-bond acceptors (Lipinski definition) is 5. The van der Waals surface area contributed by atoms with Crippen LogP contribution in [0.25, 0.3) is 0 Å². The maximum atomic E-state index is 13.0. The van der Waals surface area contributed by atoms with E-state index in [4.69, 9.17) is 11.6 Å². The maximum absolute atomic E-state index is 13.0. The minimum absolute atomic E-state index is 0.00188. The minimum atomic E-state index is -0.603. The van der Waals surface area contributed by atoms with Crippen LogP contribution in [0, 0.1) is 5.82 Å². The van der Waals surface area contributed by atoms with Gasteiger partial charge in [-0.2, -0.15) is 0 Å². The third-order valence-corrected chi connectivity index (χ3v) is 2.44. The van der Waals surface area contributed by atoms with Crippen LogP contribution >= 0.6 is 23.4 Å². The summed E-state index contributed by atoms with van der Waals surface area (Å²) in [6.07, 6.45) is 0.961. The van der Waals surface area contributed by atoms with Crippen LogP contribution in [0.15, 0.2) is 11.2 Å². The quantitative estimate of drug-likeness (QED) is 0.354. The molecule has 0 bridgehead atoms. The molecule has 0 saturated heterocycles. The van der Waals surface area contributed by atoms with Crippen molar-refractivity contribution in [3.63, 3.8) is 0 Å². The van der Waals surface area contributed by atoms with E-state index >= 15 is 0 Å². The second kappa shape index (κ2) is 5.87. The Kier molecular flexibility index (Phi) is 4.77. The fraction of sp³-hybridized carbons (Fsp3) is 0.375. The SMILES string of the molecule is CCOC(=O)CSc1nc(Cl)ncc1F. The molecule has 0 atom stereocenters.